The van der Waals surface area contributed by atoms with E-state index in [1.807, 2.05) is 81.9 Å². The smallest absolute Gasteiger partial charge is 0.309 e. The molecule has 0 atom stereocenters. The summed E-state index contributed by atoms with van der Waals surface area (Å²) >= 11 is 0. The Morgan fingerprint density at radius 2 is 0.651 bits per heavy atom. The molecule has 15 nitrogen and oxygen atoms in total. The number of benzene rings is 7. The van der Waals surface area contributed by atoms with Crippen LogP contribution >= 0.6 is 0 Å². The molecule has 0 spiro atoms. The molecule has 0 aliphatic carbocycles. The minimum Gasteiger partial charge on any atom is -0.309 e. The van der Waals surface area contributed by atoms with E-state index in [1.54, 1.807) is 73.6 Å². The first-order valence-corrected chi connectivity index (χ1v) is 27.0. The third-order valence-electron chi connectivity index (χ3n) is 14.9. The molecule has 21 heteroatoms. The van der Waals surface area contributed by atoms with Crippen LogP contribution in [0.5, 0.6) is 0 Å². The number of halogens is 6. The largest absolute Gasteiger partial charge is 0.417 e. The van der Waals surface area contributed by atoms with E-state index >= 15 is 26.3 Å². The summed E-state index contributed by atoms with van der Waals surface area (Å²) in [5.74, 6) is 5.71. The standard InChI is InChI=1S/C65H45F6N15/c1-31-73-32(2)78-60(77-31)40-16-21-52-45(26-40)46-27-41(61-79-33(3)74-34(4)80-61)17-22-53(46)85(52)56-20-15-39(59-50(64(66,67)68)12-10-13-51(59)65(69,70)71)25-49(56)58-44(30-72)11-9-14-57(58)86-54-23-18-42(62-81-35(5)75-36(6)82-62)28-47(54)48-29-43(19-24-55(48)86)63-83-37(7)76-38(8)84-63/h9-29H,1-8H3. The fourth-order valence-electron chi connectivity index (χ4n) is 11.6. The third-order valence-corrected chi connectivity index (χ3v) is 14.9. The highest BCUT2D eigenvalue weighted by Crippen LogP contribution is 2.49. The Labute approximate surface area is 485 Å². The molecule has 0 radical (unpaired) electrons. The van der Waals surface area contributed by atoms with Crippen LogP contribution in [0.1, 0.15) is 63.3 Å². The minimum absolute atomic E-state index is 0.0584. The van der Waals surface area contributed by atoms with Gasteiger partial charge in [-0.15, -0.1) is 0 Å². The first kappa shape index (κ1) is 54.5. The van der Waals surface area contributed by atoms with Gasteiger partial charge in [0.25, 0.3) is 0 Å². The van der Waals surface area contributed by atoms with Crippen molar-refractivity contribution in [3.8, 4) is 85.2 Å². The average Bonchev–Trinajstić information content (AvgIpc) is 1.66. The summed E-state index contributed by atoms with van der Waals surface area (Å²) in [6.45, 7) is 14.2. The predicted molar refractivity (Wildman–Crippen MR) is 314 cm³/mol. The molecule has 6 aromatic heterocycles. The molecule has 0 amide bonds. The number of aryl methyl sites for hydroxylation is 8. The number of nitrogens with zero attached hydrogens (tertiary/aromatic N) is 15. The van der Waals surface area contributed by atoms with Crippen molar-refractivity contribution in [1.29, 1.82) is 5.26 Å². The number of alkyl halides is 6. The molecular weight excluding hydrogens is 1100 g/mol. The van der Waals surface area contributed by atoms with Crippen LogP contribution in [0.3, 0.4) is 0 Å². The molecule has 6 heterocycles. The van der Waals surface area contributed by atoms with Crippen LogP contribution in [-0.4, -0.2) is 68.9 Å². The molecule has 0 N–H and O–H groups in total. The van der Waals surface area contributed by atoms with E-state index in [2.05, 4.69) is 65.9 Å². The normalized spacial score (nSPS) is 12.1. The molecule has 0 aliphatic rings. The van der Waals surface area contributed by atoms with Crippen LogP contribution in [0.15, 0.2) is 127 Å². The van der Waals surface area contributed by atoms with Crippen molar-refractivity contribution >= 4 is 43.6 Å². The number of hydrogen-bond acceptors (Lipinski definition) is 13. The van der Waals surface area contributed by atoms with Gasteiger partial charge in [0.1, 0.15) is 46.6 Å². The number of hydrogen-bond donors (Lipinski definition) is 0. The highest BCUT2D eigenvalue weighted by Gasteiger charge is 2.41. The van der Waals surface area contributed by atoms with Crippen LogP contribution in [0.25, 0.3) is 123 Å². The Kier molecular flexibility index (Phi) is 12.8. The fraction of sp³-hybridized carbons (Fsp3) is 0.154. The summed E-state index contributed by atoms with van der Waals surface area (Å²) in [5.41, 5.74) is 1.55. The van der Waals surface area contributed by atoms with Gasteiger partial charge in [0.05, 0.1) is 56.2 Å². The Hall–Kier alpha value is -10.8. The quantitative estimate of drug-likeness (QED) is 0.131. The number of aromatic nitrogens is 14. The van der Waals surface area contributed by atoms with Crippen molar-refractivity contribution in [3.05, 3.63) is 191 Å². The molecule has 7 aromatic carbocycles. The van der Waals surface area contributed by atoms with Gasteiger partial charge in [-0.05, 0) is 170 Å². The summed E-state index contributed by atoms with van der Waals surface area (Å²) in [6, 6.07) is 36.1. The van der Waals surface area contributed by atoms with E-state index in [1.165, 1.54) is 18.2 Å². The lowest BCUT2D eigenvalue weighted by Crippen LogP contribution is -2.14. The molecular formula is C65H45F6N15. The lowest BCUT2D eigenvalue weighted by atomic mass is 9.89. The summed E-state index contributed by atoms with van der Waals surface area (Å²) in [5, 5.41) is 14.2. The van der Waals surface area contributed by atoms with Crippen LogP contribution in [0, 0.1) is 66.7 Å². The van der Waals surface area contributed by atoms with Gasteiger partial charge in [-0.2, -0.15) is 31.6 Å². The van der Waals surface area contributed by atoms with Crippen molar-refractivity contribution in [2.24, 2.45) is 0 Å². The van der Waals surface area contributed by atoms with Crippen LogP contribution < -0.4 is 0 Å². The fourth-order valence-corrected chi connectivity index (χ4v) is 11.6. The highest BCUT2D eigenvalue weighted by molar-refractivity contribution is 6.14. The second-order valence-corrected chi connectivity index (χ2v) is 20.9. The van der Waals surface area contributed by atoms with Crippen molar-refractivity contribution in [2.45, 2.75) is 67.7 Å². The number of fused-ring (bicyclic) bond motifs is 6. The topological polar surface area (TPSA) is 188 Å². The maximum Gasteiger partial charge on any atom is 0.417 e. The molecule has 13 rings (SSSR count). The van der Waals surface area contributed by atoms with Crippen molar-refractivity contribution in [1.82, 2.24) is 68.9 Å². The maximum absolute atomic E-state index is 15.3. The Morgan fingerprint density at radius 3 is 0.977 bits per heavy atom. The van der Waals surface area contributed by atoms with E-state index in [9.17, 15) is 5.26 Å². The Morgan fingerprint density at radius 1 is 0.337 bits per heavy atom. The summed E-state index contributed by atoms with van der Waals surface area (Å²) in [6.07, 6.45) is -10.5. The van der Waals surface area contributed by atoms with Crippen LogP contribution in [-0.2, 0) is 12.4 Å². The molecule has 422 valence electrons. The second kappa shape index (κ2) is 20.3. The zero-order valence-corrected chi connectivity index (χ0v) is 47.1. The molecule has 0 unspecified atom stereocenters. The van der Waals surface area contributed by atoms with E-state index in [0.717, 1.165) is 6.07 Å². The maximum atomic E-state index is 15.3. The van der Waals surface area contributed by atoms with Gasteiger partial charge in [0.2, 0.25) is 0 Å². The number of nitriles is 1. The van der Waals surface area contributed by atoms with Gasteiger partial charge in [-0.1, -0.05) is 18.2 Å². The average molecular weight is 1150 g/mol. The van der Waals surface area contributed by atoms with Crippen molar-refractivity contribution < 1.29 is 26.3 Å². The highest BCUT2D eigenvalue weighted by atomic mass is 19.4. The summed E-state index contributed by atoms with van der Waals surface area (Å²) < 4.78 is 95.8. The van der Waals surface area contributed by atoms with E-state index in [4.69, 9.17) is 0 Å². The first-order chi connectivity index (χ1) is 41.1. The molecule has 0 saturated heterocycles. The van der Waals surface area contributed by atoms with Crippen LogP contribution in [0.2, 0.25) is 0 Å². The van der Waals surface area contributed by atoms with Crippen molar-refractivity contribution in [2.75, 3.05) is 0 Å². The van der Waals surface area contributed by atoms with Gasteiger partial charge < -0.3 is 9.13 Å². The summed E-state index contributed by atoms with van der Waals surface area (Å²) in [4.78, 5) is 54.9. The van der Waals surface area contributed by atoms with E-state index in [-0.39, 0.29) is 16.7 Å². The first-order valence-electron chi connectivity index (χ1n) is 27.0. The monoisotopic (exact) mass is 1150 g/mol. The molecule has 86 heavy (non-hydrogen) atoms. The molecule has 0 aliphatic heterocycles. The van der Waals surface area contributed by atoms with Gasteiger partial charge in [0, 0.05) is 60.5 Å². The minimum atomic E-state index is -5.23. The zero-order valence-electron chi connectivity index (χ0n) is 47.1. The zero-order chi connectivity index (χ0) is 60.2. The SMILES string of the molecule is Cc1nc(C)nc(-c2ccc3c(c2)c2cc(-c4nc(C)nc(C)n4)ccc2n3-c2ccc(-c3c(C(F)(F)F)cccc3C(F)(F)F)cc2-c2c(C#N)cccc2-n2c3ccc(-c4nc(C)nc(C)n4)cc3c3cc(-c4nc(C)nc(C)n4)ccc32)n1. The predicted octanol–water partition coefficient (Wildman–Crippen LogP) is 15.0. The number of rotatable bonds is 8. The van der Waals surface area contributed by atoms with Gasteiger partial charge in [-0.3, -0.25) is 0 Å². The Bertz CT molecular complexity index is 4730. The van der Waals surface area contributed by atoms with E-state index in [0.29, 0.717) is 159 Å². The molecule has 13 aromatic rings. The lowest BCUT2D eigenvalue weighted by molar-refractivity contribution is -0.142. The second-order valence-electron chi connectivity index (χ2n) is 20.9. The Balaban J connectivity index is 1.16. The van der Waals surface area contributed by atoms with Crippen LogP contribution in [0.4, 0.5) is 26.3 Å². The molecule has 0 bridgehead atoms. The van der Waals surface area contributed by atoms with Crippen molar-refractivity contribution in [3.63, 3.8) is 0 Å². The van der Waals surface area contributed by atoms with Gasteiger partial charge in [0.15, 0.2) is 23.3 Å². The molecule has 0 saturated carbocycles. The lowest BCUT2D eigenvalue weighted by Gasteiger charge is -2.23. The molecule has 0 fully saturated rings. The van der Waals surface area contributed by atoms with E-state index < -0.39 is 34.6 Å². The summed E-state index contributed by atoms with van der Waals surface area (Å²) in [7, 11) is 0. The van der Waals surface area contributed by atoms with Gasteiger partial charge >= 0.3 is 12.4 Å². The van der Waals surface area contributed by atoms with Gasteiger partial charge in [-0.25, -0.2) is 59.8 Å². The third kappa shape index (κ3) is 9.54.